The zero-order chi connectivity index (χ0) is 13.5. The van der Waals surface area contributed by atoms with E-state index in [0.29, 0.717) is 19.5 Å². The third-order valence-electron chi connectivity index (χ3n) is 2.13. The maximum absolute atomic E-state index is 13.0. The molecule has 0 unspecified atom stereocenters. The lowest BCUT2D eigenvalue weighted by Crippen LogP contribution is -2.31. The summed E-state index contributed by atoms with van der Waals surface area (Å²) in [4.78, 5) is 22.3. The van der Waals surface area contributed by atoms with Gasteiger partial charge in [0, 0.05) is 6.54 Å². The van der Waals surface area contributed by atoms with Crippen LogP contribution in [0.25, 0.3) is 0 Å². The first-order valence-electron chi connectivity index (χ1n) is 5.32. The molecule has 1 aromatic rings. The summed E-state index contributed by atoms with van der Waals surface area (Å²) in [6.45, 7) is 0.792. The van der Waals surface area contributed by atoms with E-state index in [1.165, 1.54) is 0 Å². The summed E-state index contributed by atoms with van der Waals surface area (Å²) in [6.07, 6.45) is 0.600. The molecule has 0 atom stereocenters. The summed E-state index contributed by atoms with van der Waals surface area (Å²) in [5.41, 5.74) is 4.99. The molecule has 0 saturated carbocycles. The highest BCUT2D eigenvalue weighted by Crippen LogP contribution is 2.17. The fourth-order valence-corrected chi connectivity index (χ4v) is 1.28. The van der Waals surface area contributed by atoms with E-state index in [9.17, 15) is 14.0 Å². The smallest absolute Gasteiger partial charge is 0.337 e. The Morgan fingerprint density at radius 2 is 2.11 bits per heavy atom. The van der Waals surface area contributed by atoms with Crippen LogP contribution < -0.4 is 16.4 Å². The van der Waals surface area contributed by atoms with Crippen molar-refractivity contribution in [2.24, 2.45) is 5.73 Å². The lowest BCUT2D eigenvalue weighted by Gasteiger charge is -2.09. The van der Waals surface area contributed by atoms with Crippen LogP contribution in [0.15, 0.2) is 18.2 Å². The van der Waals surface area contributed by atoms with Crippen molar-refractivity contribution in [1.29, 1.82) is 0 Å². The molecule has 7 heteroatoms. The molecule has 1 aromatic carbocycles. The van der Waals surface area contributed by atoms with Gasteiger partial charge >= 0.3 is 12.0 Å². The molecule has 0 saturated heterocycles. The minimum Gasteiger partial charge on any atom is -0.478 e. The Labute approximate surface area is 103 Å². The van der Waals surface area contributed by atoms with Crippen molar-refractivity contribution in [3.05, 3.63) is 29.6 Å². The average molecular weight is 255 g/mol. The first kappa shape index (κ1) is 13.9. The topological polar surface area (TPSA) is 104 Å². The number of hydrogen-bond donors (Lipinski definition) is 4. The monoisotopic (exact) mass is 255 g/mol. The zero-order valence-corrected chi connectivity index (χ0v) is 9.57. The number of nitrogens with one attached hydrogen (secondary N) is 2. The fraction of sp³-hybridized carbons (Fsp3) is 0.273. The second-order valence-corrected chi connectivity index (χ2v) is 3.52. The molecule has 0 aliphatic heterocycles. The number of halogens is 1. The van der Waals surface area contributed by atoms with Gasteiger partial charge in [-0.2, -0.15) is 0 Å². The van der Waals surface area contributed by atoms with Crippen molar-refractivity contribution in [3.8, 4) is 0 Å². The second kappa shape index (κ2) is 6.55. The normalized spacial score (nSPS) is 9.89. The number of carboxylic acids is 1. The van der Waals surface area contributed by atoms with Crippen LogP contribution >= 0.6 is 0 Å². The highest BCUT2D eigenvalue weighted by molar-refractivity contribution is 5.99. The third-order valence-corrected chi connectivity index (χ3v) is 2.13. The number of hydrogen-bond acceptors (Lipinski definition) is 3. The van der Waals surface area contributed by atoms with E-state index >= 15 is 0 Å². The molecule has 0 radical (unpaired) electrons. The molecular weight excluding hydrogens is 241 g/mol. The maximum Gasteiger partial charge on any atom is 0.337 e. The van der Waals surface area contributed by atoms with Crippen LogP contribution in [-0.2, 0) is 0 Å². The molecule has 98 valence electrons. The molecule has 2 amide bonds. The van der Waals surface area contributed by atoms with E-state index in [1.54, 1.807) is 0 Å². The van der Waals surface area contributed by atoms with E-state index in [1.807, 2.05) is 0 Å². The second-order valence-electron chi connectivity index (χ2n) is 3.52. The number of amides is 2. The van der Waals surface area contributed by atoms with Gasteiger partial charge in [0.15, 0.2) is 0 Å². The third kappa shape index (κ3) is 4.02. The van der Waals surface area contributed by atoms with Crippen LogP contribution in [0.1, 0.15) is 16.8 Å². The lowest BCUT2D eigenvalue weighted by atomic mass is 10.2. The van der Waals surface area contributed by atoms with Crippen molar-refractivity contribution < 1.29 is 19.1 Å². The molecule has 18 heavy (non-hydrogen) atoms. The number of anilines is 1. The van der Waals surface area contributed by atoms with Crippen LogP contribution in [0.4, 0.5) is 14.9 Å². The Balaban J connectivity index is 2.73. The van der Waals surface area contributed by atoms with E-state index in [2.05, 4.69) is 10.6 Å². The Hall–Kier alpha value is -2.15. The predicted molar refractivity (Wildman–Crippen MR) is 64.1 cm³/mol. The molecule has 0 aromatic heterocycles. The number of benzene rings is 1. The number of carbonyl (C=O) groups is 2. The van der Waals surface area contributed by atoms with Gasteiger partial charge in [0.25, 0.3) is 0 Å². The molecule has 6 nitrogen and oxygen atoms in total. The van der Waals surface area contributed by atoms with Crippen LogP contribution in [0.5, 0.6) is 0 Å². The summed E-state index contributed by atoms with van der Waals surface area (Å²) in [5.74, 6) is -1.87. The first-order chi connectivity index (χ1) is 8.54. The molecule has 0 bridgehead atoms. The number of rotatable bonds is 5. The van der Waals surface area contributed by atoms with Gasteiger partial charge < -0.3 is 21.5 Å². The summed E-state index contributed by atoms with van der Waals surface area (Å²) >= 11 is 0. The van der Waals surface area contributed by atoms with Crippen LogP contribution in [0.3, 0.4) is 0 Å². The summed E-state index contributed by atoms with van der Waals surface area (Å²) in [7, 11) is 0. The summed E-state index contributed by atoms with van der Waals surface area (Å²) in [5, 5.41) is 13.6. The number of urea groups is 1. The minimum absolute atomic E-state index is 0.0900. The van der Waals surface area contributed by atoms with Crippen molar-refractivity contribution in [1.82, 2.24) is 5.32 Å². The minimum atomic E-state index is -1.24. The summed E-state index contributed by atoms with van der Waals surface area (Å²) in [6, 6.07) is 2.46. The number of aromatic carboxylic acids is 1. The molecule has 0 heterocycles. The van der Waals surface area contributed by atoms with E-state index in [4.69, 9.17) is 10.8 Å². The van der Waals surface area contributed by atoms with Gasteiger partial charge in [-0.15, -0.1) is 0 Å². The molecule has 0 aliphatic carbocycles. The van der Waals surface area contributed by atoms with Crippen LogP contribution in [0, 0.1) is 5.82 Å². The quantitative estimate of drug-likeness (QED) is 0.589. The Morgan fingerprint density at radius 3 is 2.72 bits per heavy atom. The number of carboxylic acid groups (broad SMARTS) is 1. The number of carbonyl (C=O) groups excluding carboxylic acids is 1. The van der Waals surface area contributed by atoms with Gasteiger partial charge in [0.1, 0.15) is 5.82 Å². The molecule has 0 fully saturated rings. The predicted octanol–water partition coefficient (Wildman–Crippen LogP) is 0.994. The van der Waals surface area contributed by atoms with Gasteiger partial charge in [-0.05, 0) is 31.2 Å². The van der Waals surface area contributed by atoms with Crippen LogP contribution in [0.2, 0.25) is 0 Å². The SMILES string of the molecule is NCCCNC(=O)Nc1cc(F)ccc1C(=O)O. The van der Waals surface area contributed by atoms with Gasteiger partial charge in [-0.3, -0.25) is 0 Å². The Morgan fingerprint density at radius 1 is 1.39 bits per heavy atom. The highest BCUT2D eigenvalue weighted by atomic mass is 19.1. The molecule has 0 spiro atoms. The van der Waals surface area contributed by atoms with Gasteiger partial charge in [-0.1, -0.05) is 0 Å². The molecule has 0 aliphatic rings. The highest BCUT2D eigenvalue weighted by Gasteiger charge is 2.12. The largest absolute Gasteiger partial charge is 0.478 e. The van der Waals surface area contributed by atoms with Crippen molar-refractivity contribution in [3.63, 3.8) is 0 Å². The van der Waals surface area contributed by atoms with Gasteiger partial charge in [-0.25, -0.2) is 14.0 Å². The van der Waals surface area contributed by atoms with Crippen molar-refractivity contribution in [2.45, 2.75) is 6.42 Å². The van der Waals surface area contributed by atoms with E-state index < -0.39 is 17.8 Å². The fourth-order valence-electron chi connectivity index (χ4n) is 1.28. The van der Waals surface area contributed by atoms with Gasteiger partial charge in [0.05, 0.1) is 11.3 Å². The van der Waals surface area contributed by atoms with Gasteiger partial charge in [0.2, 0.25) is 0 Å². The summed E-state index contributed by atoms with van der Waals surface area (Å²) < 4.78 is 13.0. The maximum atomic E-state index is 13.0. The standard InChI is InChI=1S/C11H14FN3O3/c12-7-2-3-8(10(16)17)9(6-7)15-11(18)14-5-1-4-13/h2-3,6H,1,4-5,13H2,(H,16,17)(H2,14,15,18). The van der Waals surface area contributed by atoms with E-state index in [-0.39, 0.29) is 11.3 Å². The Kier molecular flexibility index (Phi) is 5.06. The van der Waals surface area contributed by atoms with Crippen LogP contribution in [-0.4, -0.2) is 30.2 Å². The zero-order valence-electron chi connectivity index (χ0n) is 9.57. The lowest BCUT2D eigenvalue weighted by molar-refractivity contribution is 0.0698. The van der Waals surface area contributed by atoms with E-state index in [0.717, 1.165) is 18.2 Å². The first-order valence-corrected chi connectivity index (χ1v) is 5.32. The molecule has 5 N–H and O–H groups in total. The van der Waals surface area contributed by atoms with Crippen molar-refractivity contribution in [2.75, 3.05) is 18.4 Å². The Bertz CT molecular complexity index is 451. The molecule has 1 rings (SSSR count). The molecular formula is C11H14FN3O3. The average Bonchev–Trinajstić information content (AvgIpc) is 2.29. The number of nitrogens with two attached hydrogens (primary N) is 1. The van der Waals surface area contributed by atoms with Crippen molar-refractivity contribution >= 4 is 17.7 Å².